The molecule has 0 spiro atoms. The molecule has 1 N–H and O–H groups in total. The second-order valence-corrected chi connectivity index (χ2v) is 5.93. The minimum atomic E-state index is -0.561. The molecular weight excluding hydrogens is 332 g/mol. The number of nitro groups is 1. The van der Waals surface area contributed by atoms with Crippen LogP contribution in [0.5, 0.6) is 5.75 Å². The number of nitrogens with zero attached hydrogens (tertiary/aromatic N) is 1. The fourth-order valence-corrected chi connectivity index (χ4v) is 2.33. The Bertz CT molecular complexity index is 773. The predicted octanol–water partition coefficient (Wildman–Crippen LogP) is 4.60. The number of benzene rings is 2. The van der Waals surface area contributed by atoms with Gasteiger partial charge in [0.15, 0.2) is 0 Å². The molecule has 0 radical (unpaired) electrons. The Labute approximate surface area is 144 Å². The summed E-state index contributed by atoms with van der Waals surface area (Å²) in [5, 5.41) is 13.5. The van der Waals surface area contributed by atoms with Crippen LogP contribution in [0.3, 0.4) is 0 Å². The lowest BCUT2D eigenvalue weighted by atomic mass is 10.1. The molecule has 6 nitrogen and oxygen atoms in total. The molecule has 2 aromatic rings. The number of ether oxygens (including phenoxy) is 1. The van der Waals surface area contributed by atoms with Gasteiger partial charge in [0.2, 0.25) is 0 Å². The second-order valence-electron chi connectivity index (χ2n) is 5.52. The van der Waals surface area contributed by atoms with E-state index in [0.29, 0.717) is 22.6 Å². The van der Waals surface area contributed by atoms with E-state index in [-0.39, 0.29) is 22.7 Å². The summed E-state index contributed by atoms with van der Waals surface area (Å²) >= 11 is 5.89. The van der Waals surface area contributed by atoms with Crippen molar-refractivity contribution in [2.24, 2.45) is 0 Å². The van der Waals surface area contributed by atoms with Gasteiger partial charge in [0.1, 0.15) is 10.8 Å². The minimum absolute atomic E-state index is 0.0263. The lowest BCUT2D eigenvalue weighted by molar-refractivity contribution is -0.384. The Hall–Kier alpha value is -2.60. The molecule has 0 unspecified atom stereocenters. The molecule has 2 aromatic carbocycles. The molecule has 126 valence electrons. The largest absolute Gasteiger partial charge is 0.491 e. The third-order valence-corrected chi connectivity index (χ3v) is 3.53. The van der Waals surface area contributed by atoms with Gasteiger partial charge in [-0.3, -0.25) is 14.9 Å². The van der Waals surface area contributed by atoms with Crippen molar-refractivity contribution < 1.29 is 14.5 Å². The molecule has 2 rings (SSSR count). The quantitative estimate of drug-likeness (QED) is 0.632. The monoisotopic (exact) mass is 348 g/mol. The van der Waals surface area contributed by atoms with E-state index in [4.69, 9.17) is 16.3 Å². The Kier molecular flexibility index (Phi) is 5.41. The molecule has 0 heterocycles. The average Bonchev–Trinajstić information content (AvgIpc) is 2.50. The normalized spacial score (nSPS) is 10.5. The molecule has 0 saturated carbocycles. The van der Waals surface area contributed by atoms with Crippen molar-refractivity contribution in [1.29, 1.82) is 0 Å². The van der Waals surface area contributed by atoms with E-state index in [0.717, 1.165) is 0 Å². The highest BCUT2D eigenvalue weighted by Crippen LogP contribution is 2.30. The first-order valence-electron chi connectivity index (χ1n) is 7.30. The van der Waals surface area contributed by atoms with Gasteiger partial charge in [-0.15, -0.1) is 0 Å². The highest BCUT2D eigenvalue weighted by Gasteiger charge is 2.16. The molecule has 0 fully saturated rings. The van der Waals surface area contributed by atoms with Crippen LogP contribution in [0, 0.1) is 17.0 Å². The summed E-state index contributed by atoms with van der Waals surface area (Å²) in [5.41, 5.74) is 1.24. The van der Waals surface area contributed by atoms with Crippen molar-refractivity contribution >= 4 is 28.9 Å². The number of rotatable bonds is 5. The van der Waals surface area contributed by atoms with Gasteiger partial charge >= 0.3 is 0 Å². The second kappa shape index (κ2) is 7.31. The highest BCUT2D eigenvalue weighted by atomic mass is 35.5. The SMILES string of the molecule is Cc1cc([N+](=O)[O-])c(Cl)cc1NC(=O)c1ccc(OC(C)C)cc1. The molecule has 0 aliphatic rings. The van der Waals surface area contributed by atoms with Crippen LogP contribution in [0.4, 0.5) is 11.4 Å². The zero-order valence-electron chi connectivity index (χ0n) is 13.5. The Morgan fingerprint density at radius 2 is 1.88 bits per heavy atom. The first-order chi connectivity index (χ1) is 11.3. The molecular formula is C17H17ClN2O4. The standard InChI is InChI=1S/C17H17ClN2O4/c1-10(2)24-13-6-4-12(5-7-13)17(21)19-15-9-14(18)16(20(22)23)8-11(15)3/h4-10H,1-3H3,(H,19,21). The molecule has 0 aliphatic carbocycles. The third kappa shape index (κ3) is 4.23. The van der Waals surface area contributed by atoms with Crippen LogP contribution in [0.1, 0.15) is 29.8 Å². The van der Waals surface area contributed by atoms with Crippen molar-refractivity contribution in [2.45, 2.75) is 26.9 Å². The molecule has 1 amide bonds. The fraction of sp³-hybridized carbons (Fsp3) is 0.235. The number of amides is 1. The molecule has 0 aliphatic heterocycles. The van der Waals surface area contributed by atoms with E-state index in [1.165, 1.54) is 12.1 Å². The number of aryl methyl sites for hydroxylation is 1. The Morgan fingerprint density at radius 1 is 1.25 bits per heavy atom. The number of carbonyl (C=O) groups is 1. The van der Waals surface area contributed by atoms with Gasteiger partial charge in [-0.05, 0) is 56.7 Å². The minimum Gasteiger partial charge on any atom is -0.491 e. The van der Waals surface area contributed by atoms with E-state index in [1.54, 1.807) is 31.2 Å². The van der Waals surface area contributed by atoms with Gasteiger partial charge in [0.05, 0.1) is 11.0 Å². The van der Waals surface area contributed by atoms with Gasteiger partial charge in [-0.1, -0.05) is 11.6 Å². The molecule has 0 atom stereocenters. The molecule has 0 aromatic heterocycles. The summed E-state index contributed by atoms with van der Waals surface area (Å²) < 4.78 is 5.52. The first kappa shape index (κ1) is 17.7. The number of nitro benzene ring substituents is 1. The number of carbonyl (C=O) groups excluding carboxylic acids is 1. The summed E-state index contributed by atoms with van der Waals surface area (Å²) in [6, 6.07) is 9.43. The van der Waals surface area contributed by atoms with Crippen molar-refractivity contribution in [3.05, 3.63) is 62.7 Å². The van der Waals surface area contributed by atoms with Crippen molar-refractivity contribution in [3.63, 3.8) is 0 Å². The molecule has 7 heteroatoms. The topological polar surface area (TPSA) is 81.5 Å². The van der Waals surface area contributed by atoms with Gasteiger partial charge in [0, 0.05) is 17.3 Å². The highest BCUT2D eigenvalue weighted by molar-refractivity contribution is 6.33. The molecule has 0 bridgehead atoms. The number of hydrogen-bond acceptors (Lipinski definition) is 4. The number of anilines is 1. The predicted molar refractivity (Wildman–Crippen MR) is 93.0 cm³/mol. The van der Waals surface area contributed by atoms with E-state index >= 15 is 0 Å². The number of halogens is 1. The third-order valence-electron chi connectivity index (χ3n) is 3.23. The summed E-state index contributed by atoms with van der Waals surface area (Å²) in [7, 11) is 0. The first-order valence-corrected chi connectivity index (χ1v) is 7.68. The van der Waals surface area contributed by atoms with E-state index < -0.39 is 4.92 Å². The summed E-state index contributed by atoms with van der Waals surface area (Å²) in [5.74, 6) is 0.343. The zero-order chi connectivity index (χ0) is 17.9. The number of hydrogen-bond donors (Lipinski definition) is 1. The van der Waals surface area contributed by atoms with Crippen LogP contribution in [0.15, 0.2) is 36.4 Å². The van der Waals surface area contributed by atoms with Crippen molar-refractivity contribution in [1.82, 2.24) is 0 Å². The fourth-order valence-electron chi connectivity index (χ4n) is 2.09. The van der Waals surface area contributed by atoms with E-state index in [1.807, 2.05) is 13.8 Å². The maximum Gasteiger partial charge on any atom is 0.288 e. The lowest BCUT2D eigenvalue weighted by Gasteiger charge is -2.11. The van der Waals surface area contributed by atoms with E-state index in [9.17, 15) is 14.9 Å². The van der Waals surface area contributed by atoms with E-state index in [2.05, 4.69) is 5.32 Å². The van der Waals surface area contributed by atoms with Crippen LogP contribution in [0.25, 0.3) is 0 Å². The van der Waals surface area contributed by atoms with Crippen molar-refractivity contribution in [2.75, 3.05) is 5.32 Å². The Balaban J connectivity index is 2.17. The van der Waals surface area contributed by atoms with Crippen LogP contribution in [-0.2, 0) is 0 Å². The average molecular weight is 349 g/mol. The van der Waals surface area contributed by atoms with Gasteiger partial charge in [-0.25, -0.2) is 0 Å². The van der Waals surface area contributed by atoms with Crippen molar-refractivity contribution in [3.8, 4) is 5.75 Å². The summed E-state index contributed by atoms with van der Waals surface area (Å²) in [4.78, 5) is 22.6. The number of nitrogens with one attached hydrogen (secondary N) is 1. The zero-order valence-corrected chi connectivity index (χ0v) is 14.3. The smallest absolute Gasteiger partial charge is 0.288 e. The van der Waals surface area contributed by atoms with Crippen LogP contribution < -0.4 is 10.1 Å². The van der Waals surface area contributed by atoms with Crippen LogP contribution >= 0.6 is 11.6 Å². The summed E-state index contributed by atoms with van der Waals surface area (Å²) in [6.45, 7) is 5.50. The maximum absolute atomic E-state index is 12.3. The van der Waals surface area contributed by atoms with Crippen LogP contribution in [0.2, 0.25) is 5.02 Å². The van der Waals surface area contributed by atoms with Gasteiger partial charge < -0.3 is 10.1 Å². The molecule has 0 saturated heterocycles. The molecule has 24 heavy (non-hydrogen) atoms. The maximum atomic E-state index is 12.3. The van der Waals surface area contributed by atoms with Crippen LogP contribution in [-0.4, -0.2) is 16.9 Å². The lowest BCUT2D eigenvalue weighted by Crippen LogP contribution is -2.13. The van der Waals surface area contributed by atoms with Gasteiger partial charge in [-0.2, -0.15) is 0 Å². The Morgan fingerprint density at radius 3 is 2.42 bits per heavy atom. The van der Waals surface area contributed by atoms with Gasteiger partial charge in [0.25, 0.3) is 11.6 Å². The summed E-state index contributed by atoms with van der Waals surface area (Å²) in [6.07, 6.45) is 0.0505.